The van der Waals surface area contributed by atoms with Crippen LogP contribution in [0.3, 0.4) is 0 Å². The van der Waals surface area contributed by atoms with Gasteiger partial charge in [-0.05, 0) is 49.0 Å². The van der Waals surface area contributed by atoms with Gasteiger partial charge >= 0.3 is 34.0 Å². The van der Waals surface area contributed by atoms with Crippen LogP contribution in [0.1, 0.15) is 55.9 Å². The summed E-state index contributed by atoms with van der Waals surface area (Å²) in [6, 6.07) is 0. The fraction of sp³-hybridized carbons (Fsp3) is 0.542. The molecule has 22 nitrogen and oxygen atoms in total. The lowest BCUT2D eigenvalue weighted by molar-refractivity contribution is -0.389. The third-order valence-electron chi connectivity index (χ3n) is 4.81. The first-order valence-corrected chi connectivity index (χ1v) is 14.9. The fourth-order valence-electron chi connectivity index (χ4n) is 2.68. The highest BCUT2D eigenvalue weighted by molar-refractivity contribution is 7.79. The lowest BCUT2D eigenvalue weighted by atomic mass is 10.5. The van der Waals surface area contributed by atoms with Gasteiger partial charge in [-0.1, -0.05) is 20.8 Å². The summed E-state index contributed by atoms with van der Waals surface area (Å²) >= 11 is 0. The normalized spacial score (nSPS) is 9.72. The van der Waals surface area contributed by atoms with E-state index in [1.54, 1.807) is 50.4 Å². The molecule has 23 heteroatoms. The van der Waals surface area contributed by atoms with Crippen molar-refractivity contribution in [3.63, 3.8) is 0 Å². The Hall–Kier alpha value is -4.36. The van der Waals surface area contributed by atoms with Gasteiger partial charge in [-0.15, -0.1) is 4.99 Å². The first-order valence-electron chi connectivity index (χ1n) is 13.5. The van der Waals surface area contributed by atoms with E-state index in [4.69, 9.17) is 32.7 Å². The van der Waals surface area contributed by atoms with Gasteiger partial charge in [0.05, 0.1) is 19.5 Å². The minimum Gasteiger partial charge on any atom is -0.460 e. The lowest BCUT2D eigenvalue weighted by Gasteiger charge is -2.13. The van der Waals surface area contributed by atoms with Crippen LogP contribution < -0.4 is 5.64 Å². The Labute approximate surface area is 272 Å². The molecule has 0 fully saturated rings. The molecule has 0 aliphatic carbocycles. The van der Waals surface area contributed by atoms with Gasteiger partial charge in [0.2, 0.25) is 5.82 Å². The number of carbonyl (C=O) groups is 2. The van der Waals surface area contributed by atoms with Gasteiger partial charge in [-0.2, -0.15) is 8.42 Å². The zero-order valence-corrected chi connectivity index (χ0v) is 28.3. The van der Waals surface area contributed by atoms with Gasteiger partial charge in [0.15, 0.2) is 0 Å². The number of hydrogen-bond donors (Lipinski definition) is 5. The number of aromatic nitrogens is 6. The average Bonchev–Trinajstić information content (AvgIpc) is 3.76. The smallest absolute Gasteiger partial charge is 0.401 e. The number of nitrogens with one attached hydrogen (secondary N) is 1. The predicted molar refractivity (Wildman–Crippen MR) is 164 cm³/mol. The zero-order chi connectivity index (χ0) is 37.0. The predicted octanol–water partition coefficient (Wildman–Crippen LogP) is 1.59. The molecular weight excluding hydrogens is 654 g/mol. The monoisotopic (exact) mass is 699 g/mol. The molecule has 0 saturated heterocycles. The molecule has 0 radical (unpaired) electrons. The Morgan fingerprint density at radius 3 is 1.64 bits per heavy atom. The van der Waals surface area contributed by atoms with Crippen molar-refractivity contribution in [2.75, 3.05) is 32.8 Å². The summed E-state index contributed by atoms with van der Waals surface area (Å²) in [5.41, 5.74) is 0.986. The molecule has 0 amide bonds. The number of esters is 2. The molecule has 3 heterocycles. The highest BCUT2D eigenvalue weighted by atomic mass is 32.3. The van der Waals surface area contributed by atoms with Gasteiger partial charge in [0.25, 0.3) is 0 Å². The molecule has 3 rings (SSSR count). The summed E-state index contributed by atoms with van der Waals surface area (Å²) in [6.07, 6.45) is 9.81. The third-order valence-corrected chi connectivity index (χ3v) is 4.81. The molecule has 3 aromatic heterocycles. The summed E-state index contributed by atoms with van der Waals surface area (Å²) in [5, 5.41) is 24.5. The van der Waals surface area contributed by atoms with Gasteiger partial charge in [0.1, 0.15) is 6.20 Å². The van der Waals surface area contributed by atoms with Crippen molar-refractivity contribution in [1.29, 1.82) is 0 Å². The highest BCUT2D eigenvalue weighted by Gasteiger charge is 2.23. The maximum Gasteiger partial charge on any atom is 0.401 e. The van der Waals surface area contributed by atoms with Crippen LogP contribution in [0.2, 0.25) is 0 Å². The summed E-state index contributed by atoms with van der Waals surface area (Å²) < 4.78 is 45.8. The number of rotatable bonds is 9. The Morgan fingerprint density at radius 2 is 1.40 bits per heavy atom. The van der Waals surface area contributed by atoms with E-state index in [1.165, 1.54) is 31.2 Å². The molecule has 0 atom stereocenters. The average molecular weight is 700 g/mol. The second kappa shape index (κ2) is 27.9. The second-order valence-corrected chi connectivity index (χ2v) is 8.97. The Balaban J connectivity index is -0.000000524. The SMILES string of the molecule is CCN(CC)CC.CCOC(=O)c1nc([N+](=O)[O-])cn1C.CCOC(=O)c1nccn1C.Cn1ccnc1.O=S(=O)(O)O.ONOO. The van der Waals surface area contributed by atoms with Crippen molar-refractivity contribution in [3.05, 3.63) is 59.1 Å². The maximum atomic E-state index is 11.2. The van der Waals surface area contributed by atoms with Gasteiger partial charge in [0, 0.05) is 45.9 Å². The minimum atomic E-state index is -4.67. The standard InChI is InChI=1S/C7H9N3O4.C7H10N2O2.C6H15N.C4H6N2.H3NO3.H2O4S/c1-3-14-7(11)6-8-5(10(12)13)4-9(6)2;1-3-11-7(10)6-8-4-5-9(6)2;1-4-7(5-2)6-3;1-6-3-2-5-4-6;2-1-4-3;1-5(2,3)4/h4H,3H2,1-2H3;4-5H,3H2,1-2H3;4-6H2,1-3H3;2-4H,1H3;1-3H;(H2,1,2,3,4). The first kappa shape index (κ1) is 47.1. The molecule has 0 saturated carbocycles. The van der Waals surface area contributed by atoms with Crippen LogP contribution in [0, 0.1) is 10.1 Å². The van der Waals surface area contributed by atoms with Crippen molar-refractivity contribution in [2.45, 2.75) is 34.6 Å². The van der Waals surface area contributed by atoms with Crippen LogP contribution in [0.4, 0.5) is 5.82 Å². The van der Waals surface area contributed by atoms with Crippen LogP contribution in [0.5, 0.6) is 0 Å². The van der Waals surface area contributed by atoms with E-state index in [9.17, 15) is 19.7 Å². The van der Waals surface area contributed by atoms with E-state index < -0.39 is 21.3 Å². The molecule has 0 aromatic carbocycles. The molecule has 47 heavy (non-hydrogen) atoms. The van der Waals surface area contributed by atoms with Gasteiger partial charge < -0.3 is 38.2 Å². The number of ether oxygens (including phenoxy) is 2. The zero-order valence-electron chi connectivity index (χ0n) is 27.4. The quantitative estimate of drug-likeness (QED) is 0.0696. The summed E-state index contributed by atoms with van der Waals surface area (Å²) in [7, 11) is 0.512. The molecule has 3 aromatic rings. The summed E-state index contributed by atoms with van der Waals surface area (Å²) in [4.78, 5) is 48.2. The number of carbonyl (C=O) groups excluding carboxylic acids is 2. The number of aryl methyl sites for hydroxylation is 3. The fourth-order valence-corrected chi connectivity index (χ4v) is 2.68. The van der Waals surface area contributed by atoms with Crippen LogP contribution in [0.15, 0.2) is 37.3 Å². The molecule has 270 valence electrons. The van der Waals surface area contributed by atoms with Crippen LogP contribution >= 0.6 is 0 Å². The van der Waals surface area contributed by atoms with Crippen molar-refractivity contribution in [1.82, 2.24) is 39.2 Å². The van der Waals surface area contributed by atoms with Crippen LogP contribution in [-0.2, 0) is 46.0 Å². The molecule has 5 N–H and O–H groups in total. The van der Waals surface area contributed by atoms with Crippen LogP contribution in [-0.4, -0.2) is 111 Å². The van der Waals surface area contributed by atoms with Crippen molar-refractivity contribution in [3.8, 4) is 0 Å². The number of imidazole rings is 3. The molecule has 0 spiro atoms. The second-order valence-electron chi connectivity index (χ2n) is 8.07. The van der Waals surface area contributed by atoms with Crippen LogP contribution in [0.25, 0.3) is 0 Å². The van der Waals surface area contributed by atoms with Gasteiger partial charge in [-0.25, -0.2) is 24.8 Å². The van der Waals surface area contributed by atoms with E-state index in [2.05, 4.69) is 50.3 Å². The Bertz CT molecular complexity index is 1330. The Kier molecular flexibility index (Phi) is 27.9. The van der Waals surface area contributed by atoms with Crippen molar-refractivity contribution >= 4 is 28.2 Å². The maximum absolute atomic E-state index is 11.2. The lowest BCUT2D eigenvalue weighted by Crippen LogP contribution is -2.21. The number of nitro groups is 1. The van der Waals surface area contributed by atoms with E-state index >= 15 is 0 Å². The topological polar surface area (TPSA) is 289 Å². The highest BCUT2D eigenvalue weighted by Crippen LogP contribution is 2.10. The number of nitrogens with zero attached hydrogens (tertiary/aromatic N) is 8. The van der Waals surface area contributed by atoms with Crippen molar-refractivity contribution in [2.24, 2.45) is 21.1 Å². The van der Waals surface area contributed by atoms with Crippen molar-refractivity contribution < 1.29 is 57.0 Å². The largest absolute Gasteiger partial charge is 0.460 e. The molecular formula is C24H45N9O13S. The first-order chi connectivity index (χ1) is 22.0. The van der Waals surface area contributed by atoms with E-state index in [-0.39, 0.29) is 24.2 Å². The van der Waals surface area contributed by atoms with E-state index in [0.29, 0.717) is 12.4 Å². The Morgan fingerprint density at radius 1 is 0.936 bits per heavy atom. The van der Waals surface area contributed by atoms with E-state index in [0.717, 1.165) is 11.8 Å². The van der Waals surface area contributed by atoms with E-state index in [1.807, 2.05) is 17.8 Å². The summed E-state index contributed by atoms with van der Waals surface area (Å²) in [6.45, 7) is 14.1. The molecule has 0 bridgehead atoms. The third kappa shape index (κ3) is 26.6. The number of hydrogen-bond acceptors (Lipinski definition) is 16. The summed E-state index contributed by atoms with van der Waals surface area (Å²) in [5.74, 6) is -1.14. The molecule has 0 aliphatic heterocycles. The van der Waals surface area contributed by atoms with Gasteiger partial charge in [-0.3, -0.25) is 14.3 Å². The molecule has 0 aliphatic rings. The molecule has 0 unspecified atom stereocenters. The minimum absolute atomic E-state index is 0.0708.